The monoisotopic (exact) mass is 327 g/mol. The number of hydrogen-bond acceptors (Lipinski definition) is 4. The molecule has 6 nitrogen and oxygen atoms in total. The number of guanidine groups is 1. The van der Waals surface area contributed by atoms with Gasteiger partial charge in [-0.15, -0.1) is 0 Å². The van der Waals surface area contributed by atoms with Crippen molar-refractivity contribution in [3.05, 3.63) is 29.8 Å². The topological polar surface area (TPSA) is 79.8 Å². The average molecular weight is 327 g/mol. The summed E-state index contributed by atoms with van der Waals surface area (Å²) in [7, 11) is 0.357. The van der Waals surface area contributed by atoms with Crippen LogP contribution in [0.2, 0.25) is 0 Å². The number of methoxy groups -OCH3 is 1. The Bertz CT molecular complexity index is 568. The fraction of sp³-hybridized carbons (Fsp3) is 0.533. The van der Waals surface area contributed by atoms with Gasteiger partial charge in [0.2, 0.25) is 0 Å². The van der Waals surface area contributed by atoms with Gasteiger partial charge in [0.15, 0.2) is 15.8 Å². The van der Waals surface area contributed by atoms with Gasteiger partial charge < -0.3 is 15.4 Å². The Kier molecular flexibility index (Phi) is 7.73. The average Bonchev–Trinajstić information content (AvgIpc) is 2.54. The molecule has 0 saturated carbocycles. The highest BCUT2D eigenvalue weighted by Crippen LogP contribution is 2.11. The second-order valence-corrected chi connectivity index (χ2v) is 7.23. The van der Waals surface area contributed by atoms with Crippen LogP contribution in [-0.2, 0) is 16.3 Å². The summed E-state index contributed by atoms with van der Waals surface area (Å²) < 4.78 is 27.9. The molecule has 0 bridgehead atoms. The van der Waals surface area contributed by atoms with Crippen LogP contribution in [0.3, 0.4) is 0 Å². The quantitative estimate of drug-likeness (QED) is 0.546. The second-order valence-electron chi connectivity index (χ2n) is 4.76. The minimum atomic E-state index is -2.95. The van der Waals surface area contributed by atoms with E-state index < -0.39 is 9.84 Å². The van der Waals surface area contributed by atoms with Gasteiger partial charge in [-0.2, -0.15) is 0 Å². The molecule has 0 radical (unpaired) electrons. The van der Waals surface area contributed by atoms with Gasteiger partial charge in [-0.05, 0) is 24.1 Å². The van der Waals surface area contributed by atoms with Crippen molar-refractivity contribution in [2.45, 2.75) is 13.3 Å². The first-order valence-electron chi connectivity index (χ1n) is 7.28. The highest BCUT2D eigenvalue weighted by atomic mass is 32.2. The number of nitrogens with one attached hydrogen (secondary N) is 2. The smallest absolute Gasteiger partial charge is 0.191 e. The third kappa shape index (κ3) is 6.80. The Morgan fingerprint density at radius 1 is 1.18 bits per heavy atom. The molecule has 1 aromatic carbocycles. The molecule has 2 N–H and O–H groups in total. The van der Waals surface area contributed by atoms with Crippen LogP contribution in [0, 0.1) is 0 Å². The van der Waals surface area contributed by atoms with E-state index in [1.54, 1.807) is 21.1 Å². The molecule has 0 aliphatic heterocycles. The van der Waals surface area contributed by atoms with E-state index in [9.17, 15) is 8.42 Å². The molecule has 0 fully saturated rings. The van der Waals surface area contributed by atoms with Crippen LogP contribution >= 0.6 is 0 Å². The molecular weight excluding hydrogens is 302 g/mol. The molecule has 0 amide bonds. The van der Waals surface area contributed by atoms with Crippen molar-refractivity contribution in [3.8, 4) is 5.75 Å². The zero-order valence-electron chi connectivity index (χ0n) is 13.4. The summed E-state index contributed by atoms with van der Waals surface area (Å²) in [6, 6.07) is 7.89. The lowest BCUT2D eigenvalue weighted by Gasteiger charge is -2.12. The van der Waals surface area contributed by atoms with Crippen LogP contribution in [0.15, 0.2) is 29.3 Å². The van der Waals surface area contributed by atoms with Crippen molar-refractivity contribution in [2.24, 2.45) is 4.99 Å². The number of rotatable bonds is 8. The molecule has 1 rings (SSSR count). The minimum absolute atomic E-state index is 0.114. The first-order chi connectivity index (χ1) is 10.5. The lowest BCUT2D eigenvalue weighted by molar-refractivity contribution is 0.414. The van der Waals surface area contributed by atoms with E-state index in [4.69, 9.17) is 4.74 Å². The number of benzene rings is 1. The maximum atomic E-state index is 11.4. The molecule has 0 heterocycles. The van der Waals surface area contributed by atoms with E-state index in [0.717, 1.165) is 12.2 Å². The molecule has 0 aliphatic carbocycles. The molecule has 124 valence electrons. The van der Waals surface area contributed by atoms with Crippen LogP contribution in [-0.4, -0.2) is 53.1 Å². The van der Waals surface area contributed by atoms with Gasteiger partial charge in [0.1, 0.15) is 5.75 Å². The van der Waals surface area contributed by atoms with Crippen molar-refractivity contribution in [1.82, 2.24) is 10.6 Å². The fourth-order valence-corrected chi connectivity index (χ4v) is 2.51. The maximum Gasteiger partial charge on any atom is 0.191 e. The van der Waals surface area contributed by atoms with Crippen LogP contribution < -0.4 is 15.4 Å². The van der Waals surface area contributed by atoms with Crippen molar-refractivity contribution < 1.29 is 13.2 Å². The standard InChI is InChI=1S/C15H25N3O3S/c1-4-22(19,20)12-11-18-15(16-2)17-10-9-13-5-7-14(21-3)8-6-13/h5-8H,4,9-12H2,1-3H3,(H2,16,17,18). The Balaban J connectivity index is 2.32. The predicted molar refractivity (Wildman–Crippen MR) is 90.4 cm³/mol. The Labute approximate surface area is 132 Å². The number of hydrogen-bond donors (Lipinski definition) is 2. The van der Waals surface area contributed by atoms with Gasteiger partial charge >= 0.3 is 0 Å². The van der Waals surface area contributed by atoms with E-state index in [1.165, 1.54) is 5.56 Å². The Morgan fingerprint density at radius 3 is 2.36 bits per heavy atom. The number of sulfone groups is 1. The van der Waals surface area contributed by atoms with E-state index >= 15 is 0 Å². The Hall–Kier alpha value is -1.76. The Morgan fingerprint density at radius 2 is 1.82 bits per heavy atom. The molecule has 1 aromatic rings. The van der Waals surface area contributed by atoms with Crippen LogP contribution in [0.5, 0.6) is 5.75 Å². The number of aliphatic imine (C=N–C) groups is 1. The van der Waals surface area contributed by atoms with Gasteiger partial charge in [0.25, 0.3) is 0 Å². The first-order valence-corrected chi connectivity index (χ1v) is 9.10. The van der Waals surface area contributed by atoms with Crippen molar-refractivity contribution in [2.75, 3.05) is 38.8 Å². The molecular formula is C15H25N3O3S. The second kappa shape index (κ2) is 9.30. The van der Waals surface area contributed by atoms with E-state index in [2.05, 4.69) is 15.6 Å². The summed E-state index contributed by atoms with van der Waals surface area (Å²) in [6.07, 6.45) is 0.845. The summed E-state index contributed by atoms with van der Waals surface area (Å²) in [5.74, 6) is 1.73. The van der Waals surface area contributed by atoms with Crippen molar-refractivity contribution in [3.63, 3.8) is 0 Å². The van der Waals surface area contributed by atoms with E-state index in [-0.39, 0.29) is 11.5 Å². The van der Waals surface area contributed by atoms with Crippen molar-refractivity contribution in [1.29, 1.82) is 0 Å². The summed E-state index contributed by atoms with van der Waals surface area (Å²) in [4.78, 5) is 4.07. The molecule has 0 aliphatic rings. The van der Waals surface area contributed by atoms with Gasteiger partial charge in [-0.1, -0.05) is 19.1 Å². The summed E-state index contributed by atoms with van der Waals surface area (Å²) in [5, 5.41) is 6.17. The molecule has 0 spiro atoms. The highest BCUT2D eigenvalue weighted by Gasteiger charge is 2.07. The lowest BCUT2D eigenvalue weighted by atomic mass is 10.1. The lowest BCUT2D eigenvalue weighted by Crippen LogP contribution is -2.40. The van der Waals surface area contributed by atoms with Crippen LogP contribution in [0.25, 0.3) is 0 Å². The van der Waals surface area contributed by atoms with Gasteiger partial charge in [-0.3, -0.25) is 4.99 Å². The molecule has 7 heteroatoms. The maximum absolute atomic E-state index is 11.4. The zero-order valence-corrected chi connectivity index (χ0v) is 14.2. The predicted octanol–water partition coefficient (Wildman–Crippen LogP) is 0.837. The summed E-state index contributed by atoms with van der Waals surface area (Å²) in [6.45, 7) is 2.72. The first kappa shape index (κ1) is 18.3. The van der Waals surface area contributed by atoms with Crippen molar-refractivity contribution >= 4 is 15.8 Å². The molecule has 0 unspecified atom stereocenters. The molecule has 0 saturated heterocycles. The largest absolute Gasteiger partial charge is 0.497 e. The molecule has 0 atom stereocenters. The normalized spacial score (nSPS) is 12.0. The highest BCUT2D eigenvalue weighted by molar-refractivity contribution is 7.91. The van der Waals surface area contributed by atoms with Gasteiger partial charge in [0.05, 0.1) is 12.9 Å². The number of nitrogens with zero attached hydrogens (tertiary/aromatic N) is 1. The van der Waals surface area contributed by atoms with E-state index in [1.807, 2.05) is 24.3 Å². The SMILES string of the molecule is CCS(=O)(=O)CCNC(=NC)NCCc1ccc(OC)cc1. The summed E-state index contributed by atoms with van der Waals surface area (Å²) >= 11 is 0. The van der Waals surface area contributed by atoms with E-state index in [0.29, 0.717) is 19.0 Å². The molecule has 22 heavy (non-hydrogen) atoms. The third-order valence-corrected chi connectivity index (χ3v) is 4.94. The fourth-order valence-electron chi connectivity index (χ4n) is 1.81. The summed E-state index contributed by atoms with van der Waals surface area (Å²) in [5.41, 5.74) is 1.19. The minimum Gasteiger partial charge on any atom is -0.497 e. The van der Waals surface area contributed by atoms with Crippen LogP contribution in [0.4, 0.5) is 0 Å². The number of ether oxygens (including phenoxy) is 1. The van der Waals surface area contributed by atoms with Crippen LogP contribution in [0.1, 0.15) is 12.5 Å². The van der Waals surface area contributed by atoms with Gasteiger partial charge in [0, 0.05) is 25.9 Å². The molecule has 0 aromatic heterocycles. The van der Waals surface area contributed by atoms with Gasteiger partial charge in [-0.25, -0.2) is 8.42 Å². The third-order valence-electron chi connectivity index (χ3n) is 3.23. The zero-order chi connectivity index (χ0) is 16.4.